The molecule has 0 aliphatic rings. The van der Waals surface area contributed by atoms with Gasteiger partial charge in [-0.2, -0.15) is 8.42 Å². The summed E-state index contributed by atoms with van der Waals surface area (Å²) >= 11 is 0. The van der Waals surface area contributed by atoms with Crippen LogP contribution >= 0.6 is 0 Å². The number of furan rings is 1. The lowest BCUT2D eigenvalue weighted by Crippen LogP contribution is -1.88. The van der Waals surface area contributed by atoms with Crippen LogP contribution in [0.15, 0.2) is 64.4 Å². The van der Waals surface area contributed by atoms with Gasteiger partial charge in [-0.15, -0.1) is 0 Å². The number of hydrogen-bond acceptors (Lipinski definition) is 3. The van der Waals surface area contributed by atoms with E-state index in [1.54, 1.807) is 12.1 Å². The Balaban J connectivity index is 1.92. The van der Waals surface area contributed by atoms with Crippen LogP contribution < -0.4 is 0 Å². The maximum atomic E-state index is 10.6. The van der Waals surface area contributed by atoms with E-state index in [1.165, 1.54) is 6.08 Å². The van der Waals surface area contributed by atoms with Gasteiger partial charge in [0.2, 0.25) is 0 Å². The molecule has 0 fully saturated rings. The minimum Gasteiger partial charge on any atom is -0.456 e. The Morgan fingerprint density at radius 2 is 1.71 bits per heavy atom. The highest BCUT2D eigenvalue weighted by Crippen LogP contribution is 2.27. The highest BCUT2D eigenvalue weighted by Gasteiger charge is 2.05. The van der Waals surface area contributed by atoms with E-state index >= 15 is 0 Å². The molecule has 0 saturated heterocycles. The summed E-state index contributed by atoms with van der Waals surface area (Å²) in [5.41, 5.74) is 2.39. The second-order valence-electron chi connectivity index (χ2n) is 4.59. The molecule has 1 N–H and O–H groups in total. The third-order valence-electron chi connectivity index (χ3n) is 3.05. The van der Waals surface area contributed by atoms with Crippen molar-refractivity contribution in [3.63, 3.8) is 0 Å². The molecule has 5 heteroatoms. The summed E-state index contributed by atoms with van der Waals surface area (Å²) in [7, 11) is -4.10. The van der Waals surface area contributed by atoms with Crippen LogP contribution in [0.25, 0.3) is 28.4 Å². The van der Waals surface area contributed by atoms with Crippen LogP contribution in [-0.2, 0) is 10.1 Å². The molecular weight excluding hydrogens is 288 g/mol. The fourth-order valence-electron chi connectivity index (χ4n) is 2.05. The van der Waals surface area contributed by atoms with Gasteiger partial charge >= 0.3 is 0 Å². The molecule has 0 aliphatic carbocycles. The first-order chi connectivity index (χ1) is 10.0. The molecule has 3 rings (SSSR count). The molecule has 1 heterocycles. The topological polar surface area (TPSA) is 67.5 Å². The van der Waals surface area contributed by atoms with Gasteiger partial charge in [-0.1, -0.05) is 42.5 Å². The molecule has 0 atom stereocenters. The Bertz CT molecular complexity index is 870. The summed E-state index contributed by atoms with van der Waals surface area (Å²) in [5.74, 6) is 0.751. The molecule has 0 bridgehead atoms. The minimum atomic E-state index is -4.10. The summed E-state index contributed by atoms with van der Waals surface area (Å²) in [4.78, 5) is 0. The molecule has 0 unspecified atom stereocenters. The van der Waals surface area contributed by atoms with Crippen molar-refractivity contribution in [3.8, 4) is 11.3 Å². The molecule has 2 aromatic carbocycles. The van der Waals surface area contributed by atoms with Crippen LogP contribution in [0, 0.1) is 0 Å². The Labute approximate surface area is 122 Å². The Morgan fingerprint density at radius 1 is 1.00 bits per heavy atom. The third kappa shape index (κ3) is 3.21. The standard InChI is InChI=1S/C16H12O4S/c17-21(18,19)10-9-12-5-7-13(8-6-12)16-11-14-3-1-2-4-15(14)20-16/h1-11H,(H,17,18,19). The van der Waals surface area contributed by atoms with E-state index in [9.17, 15) is 8.42 Å². The van der Waals surface area contributed by atoms with Crippen molar-refractivity contribution in [1.82, 2.24) is 0 Å². The minimum absolute atomic E-state index is 0.674. The summed E-state index contributed by atoms with van der Waals surface area (Å²) in [5, 5.41) is 1.78. The Morgan fingerprint density at radius 3 is 2.38 bits per heavy atom. The van der Waals surface area contributed by atoms with E-state index in [0.717, 1.165) is 27.7 Å². The first-order valence-electron chi connectivity index (χ1n) is 6.26. The number of hydrogen-bond donors (Lipinski definition) is 1. The van der Waals surface area contributed by atoms with Crippen LogP contribution in [-0.4, -0.2) is 13.0 Å². The molecule has 0 radical (unpaired) electrons. The van der Waals surface area contributed by atoms with Gasteiger partial charge in [-0.05, 0) is 23.8 Å². The van der Waals surface area contributed by atoms with Crippen molar-refractivity contribution >= 4 is 27.2 Å². The lowest BCUT2D eigenvalue weighted by molar-refractivity contribution is 0.494. The first kappa shape index (κ1) is 13.6. The molecule has 0 amide bonds. The molecule has 4 nitrogen and oxygen atoms in total. The number of para-hydroxylation sites is 1. The zero-order chi connectivity index (χ0) is 14.9. The van der Waals surface area contributed by atoms with Crippen molar-refractivity contribution in [2.24, 2.45) is 0 Å². The van der Waals surface area contributed by atoms with Gasteiger partial charge in [0.15, 0.2) is 0 Å². The molecular formula is C16H12O4S. The fourth-order valence-corrected chi connectivity index (χ4v) is 2.38. The first-order valence-corrected chi connectivity index (χ1v) is 7.76. The molecule has 21 heavy (non-hydrogen) atoms. The SMILES string of the molecule is O=S(=O)(O)C=Cc1ccc(-c2cc3ccccc3o2)cc1. The van der Waals surface area contributed by atoms with E-state index in [0.29, 0.717) is 5.56 Å². The second-order valence-corrected chi connectivity index (χ2v) is 5.89. The van der Waals surface area contributed by atoms with Gasteiger partial charge in [0.1, 0.15) is 11.3 Å². The molecule has 0 saturated carbocycles. The lowest BCUT2D eigenvalue weighted by atomic mass is 10.1. The van der Waals surface area contributed by atoms with Gasteiger partial charge in [0, 0.05) is 10.9 Å². The molecule has 106 valence electrons. The van der Waals surface area contributed by atoms with E-state index in [-0.39, 0.29) is 0 Å². The molecule has 3 aromatic rings. The average Bonchev–Trinajstić information content (AvgIpc) is 2.89. The van der Waals surface area contributed by atoms with Gasteiger partial charge in [-0.3, -0.25) is 4.55 Å². The van der Waals surface area contributed by atoms with Gasteiger partial charge in [0.25, 0.3) is 10.1 Å². The van der Waals surface area contributed by atoms with Crippen LogP contribution in [0.3, 0.4) is 0 Å². The van der Waals surface area contributed by atoms with E-state index in [2.05, 4.69) is 0 Å². The van der Waals surface area contributed by atoms with Gasteiger partial charge < -0.3 is 4.42 Å². The van der Waals surface area contributed by atoms with E-state index in [4.69, 9.17) is 8.97 Å². The maximum absolute atomic E-state index is 10.6. The zero-order valence-electron chi connectivity index (χ0n) is 10.9. The van der Waals surface area contributed by atoms with Crippen molar-refractivity contribution in [2.45, 2.75) is 0 Å². The van der Waals surface area contributed by atoms with Crippen LogP contribution in [0.5, 0.6) is 0 Å². The fraction of sp³-hybridized carbons (Fsp3) is 0. The quantitative estimate of drug-likeness (QED) is 0.743. The monoisotopic (exact) mass is 300 g/mol. The van der Waals surface area contributed by atoms with E-state index < -0.39 is 10.1 Å². The van der Waals surface area contributed by atoms with Gasteiger partial charge in [-0.25, -0.2) is 0 Å². The summed E-state index contributed by atoms with van der Waals surface area (Å²) in [6.45, 7) is 0. The van der Waals surface area contributed by atoms with Crippen LogP contribution in [0.4, 0.5) is 0 Å². The zero-order valence-corrected chi connectivity index (χ0v) is 11.7. The Hall–Kier alpha value is -2.37. The van der Waals surface area contributed by atoms with Crippen molar-refractivity contribution < 1.29 is 17.4 Å². The van der Waals surface area contributed by atoms with Gasteiger partial charge in [0.05, 0.1) is 5.41 Å². The average molecular weight is 300 g/mol. The van der Waals surface area contributed by atoms with Crippen LogP contribution in [0.1, 0.15) is 5.56 Å². The van der Waals surface area contributed by atoms with Crippen LogP contribution in [0.2, 0.25) is 0 Å². The van der Waals surface area contributed by atoms with Crippen molar-refractivity contribution in [1.29, 1.82) is 0 Å². The normalized spacial score (nSPS) is 12.2. The summed E-state index contributed by atoms with van der Waals surface area (Å²) < 4.78 is 35.7. The van der Waals surface area contributed by atoms with Crippen molar-refractivity contribution in [2.75, 3.05) is 0 Å². The smallest absolute Gasteiger partial charge is 0.287 e. The van der Waals surface area contributed by atoms with E-state index in [1.807, 2.05) is 42.5 Å². The molecule has 0 spiro atoms. The third-order valence-corrected chi connectivity index (χ3v) is 3.53. The predicted molar refractivity (Wildman–Crippen MR) is 82.2 cm³/mol. The van der Waals surface area contributed by atoms with Crippen molar-refractivity contribution in [3.05, 3.63) is 65.6 Å². The Kier molecular flexibility index (Phi) is 3.37. The largest absolute Gasteiger partial charge is 0.456 e. The predicted octanol–water partition coefficient (Wildman–Crippen LogP) is 3.96. The highest BCUT2D eigenvalue weighted by molar-refractivity contribution is 7.88. The highest BCUT2D eigenvalue weighted by atomic mass is 32.2. The summed E-state index contributed by atoms with van der Waals surface area (Å²) in [6.07, 6.45) is 1.33. The molecule has 0 aliphatic heterocycles. The summed E-state index contributed by atoms with van der Waals surface area (Å²) in [6, 6.07) is 16.9. The lowest BCUT2D eigenvalue weighted by Gasteiger charge is -1.97. The number of rotatable bonds is 3. The second kappa shape index (κ2) is 5.20. The maximum Gasteiger partial charge on any atom is 0.287 e. The number of benzene rings is 2. The number of fused-ring (bicyclic) bond motifs is 1. The molecule has 1 aromatic heterocycles.